The molecule has 0 saturated carbocycles. The lowest BCUT2D eigenvalue weighted by molar-refractivity contribution is -0.384. The summed E-state index contributed by atoms with van der Waals surface area (Å²) in [6.45, 7) is 3.52. The normalized spacial score (nSPS) is 11.2. The van der Waals surface area contributed by atoms with Crippen LogP contribution in [0.5, 0.6) is 0 Å². The van der Waals surface area contributed by atoms with E-state index in [9.17, 15) is 18.5 Å². The molecule has 0 radical (unpaired) electrons. The zero-order chi connectivity index (χ0) is 22.1. The van der Waals surface area contributed by atoms with Gasteiger partial charge in [-0.25, -0.2) is 8.42 Å². The van der Waals surface area contributed by atoms with Crippen LogP contribution >= 0.6 is 11.6 Å². The first-order valence-corrected chi connectivity index (χ1v) is 10.6. The van der Waals surface area contributed by atoms with E-state index in [4.69, 9.17) is 17.3 Å². The van der Waals surface area contributed by atoms with Crippen molar-refractivity contribution < 1.29 is 13.3 Å². The van der Waals surface area contributed by atoms with Crippen LogP contribution in [0.15, 0.2) is 59.5 Å². The molecule has 0 bridgehead atoms. The standard InChI is InChI=1S/C20H19ClN4O4S/c1-12-10-15(4-6-17(12)22)23-19-8-5-16(11-20(19)25(26)27)30(28,29)24-18-7-3-14(21)9-13(18)2/h3-11,23-24H,22H2,1-2H3. The quantitative estimate of drug-likeness (QED) is 0.278. The summed E-state index contributed by atoms with van der Waals surface area (Å²) in [5.74, 6) is 0. The van der Waals surface area contributed by atoms with Gasteiger partial charge < -0.3 is 11.1 Å². The maximum Gasteiger partial charge on any atom is 0.294 e. The number of rotatable bonds is 6. The molecule has 0 spiro atoms. The number of nitro benzene ring substituents is 1. The Hall–Kier alpha value is -3.30. The van der Waals surface area contributed by atoms with E-state index in [1.807, 2.05) is 6.92 Å². The smallest absolute Gasteiger partial charge is 0.294 e. The Kier molecular flexibility index (Phi) is 5.86. The number of nitrogens with one attached hydrogen (secondary N) is 2. The molecule has 156 valence electrons. The lowest BCUT2D eigenvalue weighted by Gasteiger charge is -2.13. The number of sulfonamides is 1. The molecule has 0 amide bonds. The molecule has 0 aliphatic carbocycles. The predicted octanol–water partition coefficient (Wildman–Crippen LogP) is 4.99. The SMILES string of the molecule is Cc1cc(Nc2ccc(S(=O)(=O)Nc3ccc(Cl)cc3C)cc2[N+](=O)[O-])ccc1N. The van der Waals surface area contributed by atoms with Crippen molar-refractivity contribution in [3.8, 4) is 0 Å². The van der Waals surface area contributed by atoms with E-state index in [-0.39, 0.29) is 16.3 Å². The highest BCUT2D eigenvalue weighted by Gasteiger charge is 2.22. The van der Waals surface area contributed by atoms with Gasteiger partial charge in [-0.2, -0.15) is 0 Å². The third-order valence-electron chi connectivity index (χ3n) is 4.46. The molecule has 8 nitrogen and oxygen atoms in total. The van der Waals surface area contributed by atoms with Crippen LogP contribution in [0.4, 0.5) is 28.4 Å². The topological polar surface area (TPSA) is 127 Å². The van der Waals surface area contributed by atoms with E-state index in [1.165, 1.54) is 18.2 Å². The number of halogens is 1. The Morgan fingerprint density at radius 1 is 0.967 bits per heavy atom. The molecule has 30 heavy (non-hydrogen) atoms. The van der Waals surface area contributed by atoms with Crippen molar-refractivity contribution in [3.05, 3.63) is 80.9 Å². The lowest BCUT2D eigenvalue weighted by Crippen LogP contribution is -2.14. The molecule has 0 atom stereocenters. The molecule has 0 aliphatic heterocycles. The average Bonchev–Trinajstić information content (AvgIpc) is 2.67. The first-order valence-electron chi connectivity index (χ1n) is 8.77. The molecule has 0 saturated heterocycles. The van der Waals surface area contributed by atoms with Gasteiger partial charge in [-0.05, 0) is 73.5 Å². The van der Waals surface area contributed by atoms with Crippen LogP contribution < -0.4 is 15.8 Å². The number of nitrogens with zero attached hydrogens (tertiary/aromatic N) is 1. The maximum atomic E-state index is 12.8. The molecule has 3 rings (SSSR count). The van der Waals surface area contributed by atoms with Crippen molar-refractivity contribution in [2.24, 2.45) is 0 Å². The van der Waals surface area contributed by atoms with Crippen LogP contribution in [-0.2, 0) is 10.0 Å². The Bertz CT molecular complexity index is 1250. The molecule has 3 aromatic carbocycles. The zero-order valence-electron chi connectivity index (χ0n) is 16.1. The van der Waals surface area contributed by atoms with Crippen molar-refractivity contribution in [1.82, 2.24) is 0 Å². The van der Waals surface area contributed by atoms with Gasteiger partial charge in [-0.3, -0.25) is 14.8 Å². The third-order valence-corrected chi connectivity index (χ3v) is 6.06. The summed E-state index contributed by atoms with van der Waals surface area (Å²) in [6, 6.07) is 13.5. The predicted molar refractivity (Wildman–Crippen MR) is 119 cm³/mol. The second-order valence-electron chi connectivity index (χ2n) is 6.70. The van der Waals surface area contributed by atoms with Gasteiger partial charge in [0.2, 0.25) is 0 Å². The van der Waals surface area contributed by atoms with Crippen molar-refractivity contribution >= 4 is 50.1 Å². The Morgan fingerprint density at radius 2 is 1.67 bits per heavy atom. The first kappa shape index (κ1) is 21.4. The molecule has 0 fully saturated rings. The van der Waals surface area contributed by atoms with Crippen LogP contribution in [0, 0.1) is 24.0 Å². The van der Waals surface area contributed by atoms with Crippen LogP contribution in [0.2, 0.25) is 5.02 Å². The summed E-state index contributed by atoms with van der Waals surface area (Å²) in [5, 5.41) is 15.0. The lowest BCUT2D eigenvalue weighted by atomic mass is 10.1. The minimum absolute atomic E-state index is 0.158. The number of aryl methyl sites for hydroxylation is 2. The van der Waals surface area contributed by atoms with E-state index in [0.717, 1.165) is 11.6 Å². The summed E-state index contributed by atoms with van der Waals surface area (Å²) in [7, 11) is -4.05. The fraction of sp³-hybridized carbons (Fsp3) is 0.100. The van der Waals surface area contributed by atoms with Gasteiger partial charge in [0.25, 0.3) is 15.7 Å². The molecule has 0 unspecified atom stereocenters. The van der Waals surface area contributed by atoms with Gasteiger partial charge in [0, 0.05) is 22.5 Å². The fourth-order valence-electron chi connectivity index (χ4n) is 2.79. The molecular formula is C20H19ClN4O4S. The number of anilines is 4. The van der Waals surface area contributed by atoms with E-state index in [2.05, 4.69) is 10.0 Å². The van der Waals surface area contributed by atoms with Crippen LogP contribution in [0.25, 0.3) is 0 Å². The highest BCUT2D eigenvalue weighted by atomic mass is 35.5. The number of hydrogen-bond donors (Lipinski definition) is 3. The Labute approximate surface area is 178 Å². The van der Waals surface area contributed by atoms with Crippen molar-refractivity contribution in [2.75, 3.05) is 15.8 Å². The van der Waals surface area contributed by atoms with Crippen LogP contribution in [-0.4, -0.2) is 13.3 Å². The molecule has 10 heteroatoms. The molecule has 0 aliphatic rings. The molecular weight excluding hydrogens is 428 g/mol. The second-order valence-corrected chi connectivity index (χ2v) is 8.82. The van der Waals surface area contributed by atoms with Crippen LogP contribution in [0.1, 0.15) is 11.1 Å². The summed E-state index contributed by atoms with van der Waals surface area (Å²) in [6.07, 6.45) is 0. The van der Waals surface area contributed by atoms with E-state index in [0.29, 0.717) is 27.6 Å². The largest absolute Gasteiger partial charge is 0.399 e. The number of nitrogens with two attached hydrogens (primary N) is 1. The second kappa shape index (κ2) is 8.21. The van der Waals surface area contributed by atoms with Gasteiger partial charge in [0.05, 0.1) is 15.5 Å². The average molecular weight is 447 g/mol. The highest BCUT2D eigenvalue weighted by molar-refractivity contribution is 7.92. The van der Waals surface area contributed by atoms with Crippen LogP contribution in [0.3, 0.4) is 0 Å². The first-order chi connectivity index (χ1) is 14.1. The van der Waals surface area contributed by atoms with Crippen molar-refractivity contribution in [1.29, 1.82) is 0 Å². The summed E-state index contributed by atoms with van der Waals surface area (Å²) >= 11 is 5.90. The van der Waals surface area contributed by atoms with E-state index < -0.39 is 14.9 Å². The summed E-state index contributed by atoms with van der Waals surface area (Å²) in [5.41, 5.74) is 8.53. The third kappa shape index (κ3) is 4.64. The van der Waals surface area contributed by atoms with Gasteiger partial charge in [0.15, 0.2) is 0 Å². The Morgan fingerprint density at radius 3 is 2.30 bits per heavy atom. The highest BCUT2D eigenvalue weighted by Crippen LogP contribution is 2.32. The molecule has 0 heterocycles. The van der Waals surface area contributed by atoms with E-state index in [1.54, 1.807) is 37.3 Å². The van der Waals surface area contributed by atoms with Gasteiger partial charge >= 0.3 is 0 Å². The zero-order valence-corrected chi connectivity index (χ0v) is 17.7. The minimum atomic E-state index is -4.05. The molecule has 0 aromatic heterocycles. The summed E-state index contributed by atoms with van der Waals surface area (Å²) in [4.78, 5) is 10.7. The van der Waals surface area contributed by atoms with Gasteiger partial charge in [-0.15, -0.1) is 0 Å². The molecule has 4 N–H and O–H groups in total. The van der Waals surface area contributed by atoms with Crippen molar-refractivity contribution in [2.45, 2.75) is 18.7 Å². The number of nitrogen functional groups attached to an aromatic ring is 1. The monoisotopic (exact) mass is 446 g/mol. The van der Waals surface area contributed by atoms with E-state index >= 15 is 0 Å². The maximum absolute atomic E-state index is 12.8. The summed E-state index contributed by atoms with van der Waals surface area (Å²) < 4.78 is 28.0. The van der Waals surface area contributed by atoms with Gasteiger partial charge in [0.1, 0.15) is 5.69 Å². The fourth-order valence-corrected chi connectivity index (χ4v) is 4.17. The minimum Gasteiger partial charge on any atom is -0.399 e. The Balaban J connectivity index is 1.95. The number of nitro groups is 1. The number of benzene rings is 3. The molecule has 3 aromatic rings. The van der Waals surface area contributed by atoms with Gasteiger partial charge in [-0.1, -0.05) is 11.6 Å². The number of hydrogen-bond acceptors (Lipinski definition) is 6. The van der Waals surface area contributed by atoms with Crippen molar-refractivity contribution in [3.63, 3.8) is 0 Å².